The molecular weight excluding hydrogens is 170 g/mol. The number of carbonyl (C=O) groups is 1. The van der Waals surface area contributed by atoms with Crippen LogP contribution in [0.5, 0.6) is 0 Å². The minimum absolute atomic E-state index is 0.446. The Hall–Kier alpha value is -1.36. The van der Waals surface area contributed by atoms with Crippen molar-refractivity contribution >= 4 is 5.97 Å². The van der Waals surface area contributed by atoms with Gasteiger partial charge in [-0.05, 0) is 13.8 Å². The van der Waals surface area contributed by atoms with E-state index in [2.05, 4.69) is 14.7 Å². The Morgan fingerprint density at radius 1 is 1.62 bits per heavy atom. The largest absolute Gasteiger partial charge is 0.468 e. The van der Waals surface area contributed by atoms with E-state index in [4.69, 9.17) is 5.73 Å². The normalized spacial score (nSPS) is 12.6. The Kier molecular flexibility index (Phi) is 2.67. The third kappa shape index (κ3) is 1.86. The first kappa shape index (κ1) is 9.73. The van der Waals surface area contributed by atoms with Crippen LogP contribution < -0.4 is 5.73 Å². The van der Waals surface area contributed by atoms with Crippen LogP contribution in [-0.2, 0) is 9.53 Å². The highest BCUT2D eigenvalue weighted by molar-refractivity contribution is 5.76. The topological polar surface area (TPSA) is 81.0 Å². The minimum Gasteiger partial charge on any atom is -0.468 e. The van der Waals surface area contributed by atoms with Gasteiger partial charge in [0.05, 0.1) is 12.8 Å². The average molecular weight is 183 g/mol. The maximum Gasteiger partial charge on any atom is 0.330 e. The smallest absolute Gasteiger partial charge is 0.330 e. The first-order chi connectivity index (χ1) is 6.06. The number of aromatic amines is 1. The summed E-state index contributed by atoms with van der Waals surface area (Å²) >= 11 is 0. The van der Waals surface area contributed by atoms with E-state index in [0.717, 1.165) is 11.4 Å². The van der Waals surface area contributed by atoms with E-state index in [1.165, 1.54) is 7.11 Å². The zero-order valence-electron chi connectivity index (χ0n) is 7.92. The molecule has 0 saturated carbocycles. The minimum atomic E-state index is -0.822. The molecule has 0 aliphatic carbocycles. The third-order valence-corrected chi connectivity index (χ3v) is 1.90. The molecule has 5 heteroatoms. The summed E-state index contributed by atoms with van der Waals surface area (Å²) in [5, 5.41) is 0. The number of aryl methyl sites for hydroxylation is 2. The highest BCUT2D eigenvalue weighted by atomic mass is 16.5. The second kappa shape index (κ2) is 3.57. The molecule has 1 atom stereocenters. The van der Waals surface area contributed by atoms with Crippen LogP contribution in [0.4, 0.5) is 0 Å². The van der Waals surface area contributed by atoms with E-state index in [1.54, 1.807) is 0 Å². The predicted molar refractivity (Wildman–Crippen MR) is 47.0 cm³/mol. The summed E-state index contributed by atoms with van der Waals surface area (Å²) in [5.74, 6) is -0.0457. The molecule has 0 unspecified atom stereocenters. The molecule has 1 rings (SSSR count). The molecule has 0 fully saturated rings. The van der Waals surface area contributed by atoms with Crippen LogP contribution in [0.1, 0.15) is 23.3 Å². The molecule has 13 heavy (non-hydrogen) atoms. The number of methoxy groups -OCH3 is 1. The first-order valence-corrected chi connectivity index (χ1v) is 3.92. The van der Waals surface area contributed by atoms with Crippen LogP contribution in [-0.4, -0.2) is 23.0 Å². The van der Waals surface area contributed by atoms with Crippen molar-refractivity contribution in [2.24, 2.45) is 5.73 Å². The number of hydrogen-bond acceptors (Lipinski definition) is 4. The number of nitrogens with zero attached hydrogens (tertiary/aromatic N) is 1. The van der Waals surface area contributed by atoms with Gasteiger partial charge in [-0.1, -0.05) is 0 Å². The van der Waals surface area contributed by atoms with Crippen molar-refractivity contribution in [1.29, 1.82) is 0 Å². The fraction of sp³-hybridized carbons (Fsp3) is 0.500. The lowest BCUT2D eigenvalue weighted by molar-refractivity contribution is -0.142. The van der Waals surface area contributed by atoms with E-state index in [1.807, 2.05) is 13.8 Å². The summed E-state index contributed by atoms with van der Waals surface area (Å²) in [4.78, 5) is 18.0. The predicted octanol–water partition coefficient (Wildman–Crippen LogP) is 0.199. The van der Waals surface area contributed by atoms with Crippen LogP contribution in [0.15, 0.2) is 0 Å². The maximum absolute atomic E-state index is 11.0. The standard InChI is InChI=1S/C8H13N3O2/c1-4-5(2)11-7(10-4)6(9)8(12)13-3/h6H,9H2,1-3H3,(H,10,11)/t6-/m0/s1. The molecule has 0 bridgehead atoms. The Morgan fingerprint density at radius 2 is 2.23 bits per heavy atom. The number of nitrogens with one attached hydrogen (secondary N) is 1. The molecule has 0 aromatic carbocycles. The molecule has 1 aromatic heterocycles. The zero-order chi connectivity index (χ0) is 10.0. The van der Waals surface area contributed by atoms with E-state index >= 15 is 0 Å². The van der Waals surface area contributed by atoms with Crippen molar-refractivity contribution in [3.63, 3.8) is 0 Å². The summed E-state index contributed by atoms with van der Waals surface area (Å²) in [5.41, 5.74) is 7.32. The van der Waals surface area contributed by atoms with Gasteiger partial charge in [0.2, 0.25) is 0 Å². The Balaban J connectivity index is 2.89. The van der Waals surface area contributed by atoms with Gasteiger partial charge >= 0.3 is 5.97 Å². The molecule has 0 amide bonds. The number of hydrogen-bond donors (Lipinski definition) is 2. The molecule has 0 spiro atoms. The SMILES string of the molecule is COC(=O)[C@@H](N)c1nc(C)c(C)[nH]1. The van der Waals surface area contributed by atoms with Crippen LogP contribution in [0.2, 0.25) is 0 Å². The number of H-pyrrole nitrogens is 1. The molecule has 1 heterocycles. The lowest BCUT2D eigenvalue weighted by Crippen LogP contribution is -2.23. The van der Waals surface area contributed by atoms with E-state index < -0.39 is 12.0 Å². The fourth-order valence-electron chi connectivity index (χ4n) is 0.961. The highest BCUT2D eigenvalue weighted by Gasteiger charge is 2.19. The van der Waals surface area contributed by atoms with Crippen molar-refractivity contribution in [2.45, 2.75) is 19.9 Å². The number of aromatic nitrogens is 2. The van der Waals surface area contributed by atoms with Crippen LogP contribution >= 0.6 is 0 Å². The van der Waals surface area contributed by atoms with Gasteiger partial charge in [0.25, 0.3) is 0 Å². The number of carbonyl (C=O) groups excluding carboxylic acids is 1. The summed E-state index contributed by atoms with van der Waals surface area (Å²) in [7, 11) is 1.30. The lowest BCUT2D eigenvalue weighted by Gasteiger charge is -2.04. The van der Waals surface area contributed by atoms with Gasteiger partial charge < -0.3 is 15.5 Å². The third-order valence-electron chi connectivity index (χ3n) is 1.90. The van der Waals surface area contributed by atoms with E-state index in [9.17, 15) is 4.79 Å². The van der Waals surface area contributed by atoms with Crippen LogP contribution in [0.3, 0.4) is 0 Å². The first-order valence-electron chi connectivity index (χ1n) is 3.92. The van der Waals surface area contributed by atoms with Gasteiger partial charge in [0.15, 0.2) is 6.04 Å². The molecular formula is C8H13N3O2. The Bertz CT molecular complexity index is 300. The summed E-state index contributed by atoms with van der Waals surface area (Å²) in [6, 6.07) is -0.822. The molecule has 1 aromatic rings. The van der Waals surface area contributed by atoms with Gasteiger partial charge in [-0.25, -0.2) is 9.78 Å². The van der Waals surface area contributed by atoms with E-state index in [0.29, 0.717) is 5.82 Å². The van der Waals surface area contributed by atoms with Gasteiger partial charge in [0, 0.05) is 5.69 Å². The summed E-state index contributed by atoms with van der Waals surface area (Å²) < 4.78 is 4.49. The lowest BCUT2D eigenvalue weighted by atomic mass is 10.3. The quantitative estimate of drug-likeness (QED) is 0.642. The average Bonchev–Trinajstić information content (AvgIpc) is 2.44. The second-order valence-electron chi connectivity index (χ2n) is 2.83. The summed E-state index contributed by atoms with van der Waals surface area (Å²) in [6.45, 7) is 3.72. The van der Waals surface area contributed by atoms with Gasteiger partial charge in [0.1, 0.15) is 5.82 Å². The van der Waals surface area contributed by atoms with Gasteiger partial charge in [-0.3, -0.25) is 0 Å². The fourth-order valence-corrected chi connectivity index (χ4v) is 0.961. The van der Waals surface area contributed by atoms with Gasteiger partial charge in [-0.2, -0.15) is 0 Å². The van der Waals surface area contributed by atoms with Crippen molar-refractivity contribution in [3.8, 4) is 0 Å². The molecule has 5 nitrogen and oxygen atoms in total. The Morgan fingerprint density at radius 3 is 2.62 bits per heavy atom. The number of ether oxygens (including phenoxy) is 1. The number of nitrogens with two attached hydrogens (primary N) is 1. The van der Waals surface area contributed by atoms with Crippen molar-refractivity contribution in [1.82, 2.24) is 9.97 Å². The Labute approximate surface area is 76.3 Å². The van der Waals surface area contributed by atoms with Crippen LogP contribution in [0.25, 0.3) is 0 Å². The number of imidazole rings is 1. The van der Waals surface area contributed by atoms with Crippen molar-refractivity contribution in [3.05, 3.63) is 17.2 Å². The highest BCUT2D eigenvalue weighted by Crippen LogP contribution is 2.10. The van der Waals surface area contributed by atoms with Gasteiger partial charge in [-0.15, -0.1) is 0 Å². The molecule has 3 N–H and O–H groups in total. The van der Waals surface area contributed by atoms with Crippen LogP contribution in [0, 0.1) is 13.8 Å². The molecule has 0 radical (unpaired) electrons. The molecule has 72 valence electrons. The van der Waals surface area contributed by atoms with Crippen molar-refractivity contribution in [2.75, 3.05) is 7.11 Å². The zero-order valence-corrected chi connectivity index (χ0v) is 7.92. The monoisotopic (exact) mass is 183 g/mol. The molecule has 0 aliphatic heterocycles. The number of esters is 1. The van der Waals surface area contributed by atoms with Crippen molar-refractivity contribution < 1.29 is 9.53 Å². The maximum atomic E-state index is 11.0. The van der Waals surface area contributed by atoms with E-state index in [-0.39, 0.29) is 0 Å². The molecule has 0 aliphatic rings. The molecule has 0 saturated heterocycles. The summed E-state index contributed by atoms with van der Waals surface area (Å²) in [6.07, 6.45) is 0. The number of rotatable bonds is 2. The second-order valence-corrected chi connectivity index (χ2v) is 2.83.